The zero-order valence-electron chi connectivity index (χ0n) is 12.8. The molecule has 118 valence electrons. The molecule has 3 rings (SSSR count). The first-order valence-corrected chi connectivity index (χ1v) is 7.87. The molecule has 0 saturated carbocycles. The Morgan fingerprint density at radius 1 is 1.04 bits per heavy atom. The number of rotatable bonds is 5. The van der Waals surface area contributed by atoms with Crippen LogP contribution in [0.15, 0.2) is 48.0 Å². The van der Waals surface area contributed by atoms with Gasteiger partial charge < -0.3 is 14.6 Å². The molecule has 1 N–H and O–H groups in total. The molecule has 0 aliphatic heterocycles. The van der Waals surface area contributed by atoms with Gasteiger partial charge in [0, 0.05) is 23.2 Å². The number of hydrogen-bond acceptors (Lipinski definition) is 6. The van der Waals surface area contributed by atoms with Gasteiger partial charge >= 0.3 is 0 Å². The molecule has 0 amide bonds. The van der Waals surface area contributed by atoms with Crippen LogP contribution < -0.4 is 9.47 Å². The third-order valence-corrected chi connectivity index (χ3v) is 4.33. The van der Waals surface area contributed by atoms with Gasteiger partial charge in [0.1, 0.15) is 16.9 Å². The second-order valence-electron chi connectivity index (χ2n) is 4.84. The molecule has 5 nitrogen and oxygen atoms in total. The van der Waals surface area contributed by atoms with Crippen molar-refractivity contribution < 1.29 is 14.6 Å². The Labute approximate surface area is 138 Å². The van der Waals surface area contributed by atoms with E-state index in [0.717, 1.165) is 22.6 Å². The van der Waals surface area contributed by atoms with Crippen molar-refractivity contribution in [2.45, 2.75) is 6.10 Å². The molecule has 0 radical (unpaired) electrons. The Kier molecular flexibility index (Phi) is 4.55. The van der Waals surface area contributed by atoms with Crippen molar-refractivity contribution in [2.24, 2.45) is 0 Å². The predicted molar refractivity (Wildman–Crippen MR) is 89.0 cm³/mol. The number of hydrogen-bond donors (Lipinski definition) is 1. The smallest absolute Gasteiger partial charge is 0.212 e. The molecule has 3 aromatic rings. The molecule has 2 aromatic heterocycles. The predicted octanol–water partition coefficient (Wildman–Crippen LogP) is 3.30. The van der Waals surface area contributed by atoms with Crippen LogP contribution in [0.5, 0.6) is 11.6 Å². The summed E-state index contributed by atoms with van der Waals surface area (Å²) >= 11 is 1.42. The lowest BCUT2D eigenvalue weighted by atomic mass is 10.1. The molecule has 6 heteroatoms. The molecule has 2 heterocycles. The third-order valence-electron chi connectivity index (χ3n) is 3.43. The van der Waals surface area contributed by atoms with Crippen molar-refractivity contribution in [3.05, 3.63) is 58.5 Å². The van der Waals surface area contributed by atoms with Crippen LogP contribution in [0.1, 0.15) is 16.7 Å². The number of aliphatic hydroxyl groups is 1. The average Bonchev–Trinajstić information content (AvgIpc) is 3.11. The fourth-order valence-electron chi connectivity index (χ4n) is 2.13. The summed E-state index contributed by atoms with van der Waals surface area (Å²) in [5.41, 5.74) is 2.45. The number of methoxy groups -OCH3 is 2. The molecule has 0 saturated heterocycles. The van der Waals surface area contributed by atoms with Gasteiger partial charge in [-0.05, 0) is 23.8 Å². The lowest BCUT2D eigenvalue weighted by Gasteiger charge is -2.08. The Balaban J connectivity index is 1.82. The van der Waals surface area contributed by atoms with Gasteiger partial charge in [-0.25, -0.2) is 9.97 Å². The van der Waals surface area contributed by atoms with Crippen LogP contribution in [-0.4, -0.2) is 29.3 Å². The van der Waals surface area contributed by atoms with Gasteiger partial charge in [0.2, 0.25) is 5.88 Å². The Morgan fingerprint density at radius 2 is 1.83 bits per heavy atom. The van der Waals surface area contributed by atoms with E-state index in [-0.39, 0.29) is 0 Å². The van der Waals surface area contributed by atoms with Crippen molar-refractivity contribution in [1.29, 1.82) is 0 Å². The number of benzene rings is 1. The average molecular weight is 328 g/mol. The quantitative estimate of drug-likeness (QED) is 0.778. The summed E-state index contributed by atoms with van der Waals surface area (Å²) in [5.74, 6) is 1.31. The Bertz CT molecular complexity index is 769. The van der Waals surface area contributed by atoms with Crippen molar-refractivity contribution in [2.75, 3.05) is 14.2 Å². The minimum Gasteiger partial charge on any atom is -0.497 e. The molecule has 1 aromatic carbocycles. The summed E-state index contributed by atoms with van der Waals surface area (Å²) in [6, 6.07) is 11.0. The first-order valence-electron chi connectivity index (χ1n) is 6.99. The van der Waals surface area contributed by atoms with Gasteiger partial charge in [-0.15, -0.1) is 11.3 Å². The van der Waals surface area contributed by atoms with Crippen molar-refractivity contribution in [1.82, 2.24) is 9.97 Å². The monoisotopic (exact) mass is 328 g/mol. The second kappa shape index (κ2) is 6.76. The maximum Gasteiger partial charge on any atom is 0.212 e. The Morgan fingerprint density at radius 3 is 2.43 bits per heavy atom. The number of ether oxygens (including phenoxy) is 2. The lowest BCUT2D eigenvalue weighted by Crippen LogP contribution is -1.99. The van der Waals surface area contributed by atoms with Gasteiger partial charge in [0.25, 0.3) is 0 Å². The van der Waals surface area contributed by atoms with Gasteiger partial charge in [-0.1, -0.05) is 12.1 Å². The van der Waals surface area contributed by atoms with E-state index >= 15 is 0 Å². The highest BCUT2D eigenvalue weighted by atomic mass is 32.1. The van der Waals surface area contributed by atoms with E-state index in [2.05, 4.69) is 9.97 Å². The minimum absolute atomic E-state index is 0.558. The molecule has 0 aliphatic carbocycles. The molecule has 0 aliphatic rings. The fourth-order valence-corrected chi connectivity index (χ4v) is 2.96. The van der Waals surface area contributed by atoms with E-state index in [1.165, 1.54) is 11.3 Å². The third kappa shape index (κ3) is 3.33. The number of aliphatic hydroxyl groups excluding tert-OH is 1. The topological polar surface area (TPSA) is 64.5 Å². The van der Waals surface area contributed by atoms with E-state index in [9.17, 15) is 5.11 Å². The van der Waals surface area contributed by atoms with Crippen molar-refractivity contribution in [3.63, 3.8) is 0 Å². The summed E-state index contributed by atoms with van der Waals surface area (Å²) in [4.78, 5) is 8.68. The largest absolute Gasteiger partial charge is 0.497 e. The van der Waals surface area contributed by atoms with Crippen LogP contribution in [0.2, 0.25) is 0 Å². The van der Waals surface area contributed by atoms with Crippen LogP contribution in [0.3, 0.4) is 0 Å². The van der Waals surface area contributed by atoms with E-state index in [4.69, 9.17) is 9.47 Å². The second-order valence-corrected chi connectivity index (χ2v) is 5.73. The molecule has 0 bridgehead atoms. The first kappa shape index (κ1) is 15.5. The minimum atomic E-state index is -0.758. The van der Waals surface area contributed by atoms with Gasteiger partial charge in [-0.3, -0.25) is 0 Å². The van der Waals surface area contributed by atoms with Crippen molar-refractivity contribution in [3.8, 4) is 22.9 Å². The zero-order valence-corrected chi connectivity index (χ0v) is 13.6. The molecular weight excluding hydrogens is 312 g/mol. The molecule has 1 unspecified atom stereocenters. The summed E-state index contributed by atoms with van der Waals surface area (Å²) < 4.78 is 10.2. The zero-order chi connectivity index (χ0) is 16.2. The molecule has 1 atom stereocenters. The number of thiazole rings is 1. The van der Waals surface area contributed by atoms with E-state index in [1.54, 1.807) is 26.5 Å². The van der Waals surface area contributed by atoms with Crippen LogP contribution in [-0.2, 0) is 0 Å². The Hall–Kier alpha value is -2.44. The van der Waals surface area contributed by atoms with Gasteiger partial charge in [0.05, 0.1) is 19.9 Å². The molecule has 0 spiro atoms. The maximum atomic E-state index is 10.5. The standard InChI is InChI=1S/C17H16N2O3S/c1-21-13-6-3-11(4-7-13)16(20)17-19-14(10-23-17)12-5-8-15(22-2)18-9-12/h3-10,16,20H,1-2H3. The van der Waals surface area contributed by atoms with Gasteiger partial charge in [0.15, 0.2) is 0 Å². The summed E-state index contributed by atoms with van der Waals surface area (Å²) in [7, 11) is 3.19. The summed E-state index contributed by atoms with van der Waals surface area (Å²) in [6.07, 6.45) is 0.947. The summed E-state index contributed by atoms with van der Waals surface area (Å²) in [5, 5.41) is 13.0. The van der Waals surface area contributed by atoms with Gasteiger partial charge in [-0.2, -0.15) is 0 Å². The highest BCUT2D eigenvalue weighted by molar-refractivity contribution is 7.10. The lowest BCUT2D eigenvalue weighted by molar-refractivity contribution is 0.220. The SMILES string of the molecule is COc1ccc(C(O)c2nc(-c3ccc(OC)nc3)cs2)cc1. The van der Waals surface area contributed by atoms with Crippen LogP contribution in [0.4, 0.5) is 0 Å². The molecular formula is C17H16N2O3S. The summed E-state index contributed by atoms with van der Waals surface area (Å²) in [6.45, 7) is 0. The van der Waals surface area contributed by atoms with E-state index in [0.29, 0.717) is 10.9 Å². The number of aromatic nitrogens is 2. The number of pyridine rings is 1. The molecule has 0 fully saturated rings. The van der Waals surface area contributed by atoms with Crippen molar-refractivity contribution >= 4 is 11.3 Å². The number of nitrogens with zero attached hydrogens (tertiary/aromatic N) is 2. The highest BCUT2D eigenvalue weighted by Crippen LogP contribution is 2.30. The highest BCUT2D eigenvalue weighted by Gasteiger charge is 2.15. The van der Waals surface area contributed by atoms with E-state index < -0.39 is 6.10 Å². The van der Waals surface area contributed by atoms with Crippen LogP contribution in [0, 0.1) is 0 Å². The van der Waals surface area contributed by atoms with Crippen LogP contribution >= 0.6 is 11.3 Å². The normalized spacial score (nSPS) is 12.0. The molecule has 23 heavy (non-hydrogen) atoms. The van der Waals surface area contributed by atoms with Crippen LogP contribution in [0.25, 0.3) is 11.3 Å². The maximum absolute atomic E-state index is 10.5. The first-order chi connectivity index (χ1) is 11.2. The van der Waals surface area contributed by atoms with E-state index in [1.807, 2.05) is 35.7 Å². The fraction of sp³-hybridized carbons (Fsp3) is 0.176.